The number of anilines is 1. The van der Waals surface area contributed by atoms with Crippen LogP contribution in [0.4, 0.5) is 5.69 Å². The lowest BCUT2D eigenvalue weighted by Gasteiger charge is -2.36. The summed E-state index contributed by atoms with van der Waals surface area (Å²) in [5, 5.41) is 5.18. The van der Waals surface area contributed by atoms with Crippen LogP contribution in [-0.2, 0) is 12.8 Å². The number of nitrogens with one attached hydrogen (secondary N) is 1. The summed E-state index contributed by atoms with van der Waals surface area (Å²) in [6, 6.07) is 5.42. The zero-order valence-corrected chi connectivity index (χ0v) is 22.1. The van der Waals surface area contributed by atoms with Crippen LogP contribution in [0.3, 0.4) is 0 Å². The molecular weight excluding hydrogens is 436 g/mol. The maximum atomic E-state index is 6.25. The van der Waals surface area contributed by atoms with E-state index in [-0.39, 0.29) is 0 Å². The first-order chi connectivity index (χ1) is 17.1. The van der Waals surface area contributed by atoms with E-state index in [1.54, 1.807) is 7.11 Å². The second kappa shape index (κ2) is 11.3. The Morgan fingerprint density at radius 2 is 1.77 bits per heavy atom. The van der Waals surface area contributed by atoms with Crippen molar-refractivity contribution in [2.75, 3.05) is 51.8 Å². The molecule has 0 atom stereocenters. The minimum Gasteiger partial charge on any atom is -0.493 e. The van der Waals surface area contributed by atoms with Gasteiger partial charge in [-0.1, -0.05) is 0 Å². The Balaban J connectivity index is 1.37. The van der Waals surface area contributed by atoms with Crippen LogP contribution in [0.15, 0.2) is 12.1 Å². The molecule has 0 radical (unpaired) electrons. The normalized spacial score (nSPS) is 19.9. The molecule has 2 fully saturated rings. The monoisotopic (exact) mass is 480 g/mol. The van der Waals surface area contributed by atoms with Crippen LogP contribution in [0.5, 0.6) is 11.5 Å². The Hall–Kier alpha value is -2.05. The van der Waals surface area contributed by atoms with E-state index >= 15 is 0 Å². The number of aromatic nitrogens is 1. The van der Waals surface area contributed by atoms with E-state index in [9.17, 15) is 0 Å². The van der Waals surface area contributed by atoms with E-state index in [2.05, 4.69) is 41.1 Å². The van der Waals surface area contributed by atoms with E-state index in [1.165, 1.54) is 87.0 Å². The van der Waals surface area contributed by atoms with Gasteiger partial charge >= 0.3 is 0 Å². The molecular formula is C29H44N4O2. The molecule has 1 N–H and O–H groups in total. The largest absolute Gasteiger partial charge is 0.493 e. The predicted molar refractivity (Wildman–Crippen MR) is 144 cm³/mol. The zero-order valence-electron chi connectivity index (χ0n) is 22.1. The molecule has 5 rings (SSSR count). The van der Waals surface area contributed by atoms with Crippen molar-refractivity contribution < 1.29 is 9.47 Å². The zero-order chi connectivity index (χ0) is 24.2. The fourth-order valence-electron chi connectivity index (χ4n) is 6.11. The Kier molecular flexibility index (Phi) is 7.98. The van der Waals surface area contributed by atoms with Gasteiger partial charge in [-0.2, -0.15) is 0 Å². The number of nitrogens with zero attached hydrogens (tertiary/aromatic N) is 3. The molecule has 1 aromatic heterocycles. The molecule has 6 heteroatoms. The average Bonchev–Trinajstić information content (AvgIpc) is 3.40. The number of benzene rings is 1. The highest BCUT2D eigenvalue weighted by molar-refractivity contribution is 5.96. The lowest BCUT2D eigenvalue weighted by atomic mass is 9.91. The number of hydrogen-bond donors (Lipinski definition) is 1. The standard InChI is InChI=1S/C29H44N4O2/c1-21(2)33-16-11-22(12-17-33)30-29-23-9-4-5-10-25(23)31-26-20-28(27(34-3)19-24(26)29)35-18-8-15-32-13-6-7-14-32/h19-22H,4-18H2,1-3H3,(H,30,31). The molecule has 3 heterocycles. The number of pyridine rings is 1. The van der Waals surface area contributed by atoms with Crippen LogP contribution in [-0.4, -0.2) is 73.3 Å². The van der Waals surface area contributed by atoms with Crippen LogP contribution in [0.1, 0.15) is 70.1 Å². The molecule has 0 bridgehead atoms. The van der Waals surface area contributed by atoms with E-state index in [0.717, 1.165) is 42.8 Å². The molecule has 0 saturated carbocycles. The van der Waals surface area contributed by atoms with Crippen molar-refractivity contribution in [3.63, 3.8) is 0 Å². The smallest absolute Gasteiger partial charge is 0.163 e. The third-order valence-electron chi connectivity index (χ3n) is 8.23. The number of likely N-dealkylation sites (tertiary alicyclic amines) is 2. The van der Waals surface area contributed by atoms with E-state index in [1.807, 2.05) is 0 Å². The highest BCUT2D eigenvalue weighted by Crippen LogP contribution is 2.40. The second-order valence-corrected chi connectivity index (χ2v) is 10.9. The summed E-state index contributed by atoms with van der Waals surface area (Å²) in [5.41, 5.74) is 5.03. The van der Waals surface area contributed by atoms with Crippen LogP contribution >= 0.6 is 0 Å². The summed E-state index contributed by atoms with van der Waals surface area (Å²) in [7, 11) is 1.75. The van der Waals surface area contributed by atoms with Crippen molar-refractivity contribution in [1.82, 2.24) is 14.8 Å². The van der Waals surface area contributed by atoms with Crippen molar-refractivity contribution in [2.45, 2.75) is 83.7 Å². The Labute approximate surface area is 211 Å². The Morgan fingerprint density at radius 1 is 1.00 bits per heavy atom. The molecule has 1 aliphatic carbocycles. The number of aryl methyl sites for hydroxylation is 1. The van der Waals surface area contributed by atoms with Gasteiger partial charge in [0.1, 0.15) is 0 Å². The van der Waals surface area contributed by atoms with E-state index in [4.69, 9.17) is 14.5 Å². The van der Waals surface area contributed by atoms with Gasteiger partial charge in [-0.15, -0.1) is 0 Å². The highest BCUT2D eigenvalue weighted by atomic mass is 16.5. The fraction of sp³-hybridized carbons (Fsp3) is 0.690. The third kappa shape index (κ3) is 5.69. The van der Waals surface area contributed by atoms with Crippen molar-refractivity contribution in [1.29, 1.82) is 0 Å². The first kappa shape index (κ1) is 24.6. The average molecular weight is 481 g/mol. The van der Waals surface area contributed by atoms with E-state index in [0.29, 0.717) is 18.7 Å². The minimum atomic E-state index is 0.508. The fourth-order valence-corrected chi connectivity index (χ4v) is 6.11. The Bertz CT molecular complexity index is 994. The predicted octanol–water partition coefficient (Wildman–Crippen LogP) is 5.27. The molecule has 0 spiro atoms. The van der Waals surface area contributed by atoms with Crippen molar-refractivity contribution in [3.05, 3.63) is 23.4 Å². The van der Waals surface area contributed by atoms with Crippen molar-refractivity contribution in [3.8, 4) is 11.5 Å². The van der Waals surface area contributed by atoms with Gasteiger partial charge in [-0.05, 0) is 96.4 Å². The molecule has 192 valence electrons. The van der Waals surface area contributed by atoms with Gasteiger partial charge in [0, 0.05) is 54.6 Å². The highest BCUT2D eigenvalue weighted by Gasteiger charge is 2.25. The molecule has 0 amide bonds. The third-order valence-corrected chi connectivity index (χ3v) is 8.23. The van der Waals surface area contributed by atoms with Crippen molar-refractivity contribution >= 4 is 16.6 Å². The molecule has 1 aromatic carbocycles. The SMILES string of the molecule is COc1cc2c(NC3CCN(C(C)C)CC3)c3c(nc2cc1OCCCN1CCCC1)CCCC3. The summed E-state index contributed by atoms with van der Waals surface area (Å²) in [5.74, 6) is 1.63. The number of hydrogen-bond acceptors (Lipinski definition) is 6. The lowest BCUT2D eigenvalue weighted by molar-refractivity contribution is 0.177. The van der Waals surface area contributed by atoms with Gasteiger partial charge in [0.2, 0.25) is 0 Å². The van der Waals surface area contributed by atoms with Gasteiger partial charge in [0.05, 0.1) is 19.2 Å². The second-order valence-electron chi connectivity index (χ2n) is 10.9. The van der Waals surface area contributed by atoms with Crippen molar-refractivity contribution in [2.24, 2.45) is 0 Å². The number of fused-ring (bicyclic) bond motifs is 2. The van der Waals surface area contributed by atoms with E-state index < -0.39 is 0 Å². The van der Waals surface area contributed by atoms with Gasteiger partial charge in [0.25, 0.3) is 0 Å². The van der Waals surface area contributed by atoms with Crippen LogP contribution in [0.25, 0.3) is 10.9 Å². The minimum absolute atomic E-state index is 0.508. The lowest BCUT2D eigenvalue weighted by Crippen LogP contribution is -2.42. The topological polar surface area (TPSA) is 49.9 Å². The molecule has 2 aliphatic heterocycles. The van der Waals surface area contributed by atoms with Crippen LogP contribution in [0, 0.1) is 0 Å². The molecule has 6 nitrogen and oxygen atoms in total. The van der Waals surface area contributed by atoms with Gasteiger partial charge in [-0.25, -0.2) is 0 Å². The summed E-state index contributed by atoms with van der Waals surface area (Å²) in [4.78, 5) is 10.3. The molecule has 2 aromatic rings. The molecule has 0 unspecified atom stereocenters. The quantitative estimate of drug-likeness (QED) is 0.494. The van der Waals surface area contributed by atoms with Gasteiger partial charge in [-0.3, -0.25) is 4.98 Å². The number of piperidine rings is 1. The maximum absolute atomic E-state index is 6.25. The number of methoxy groups -OCH3 is 1. The Morgan fingerprint density at radius 3 is 2.51 bits per heavy atom. The maximum Gasteiger partial charge on any atom is 0.163 e. The van der Waals surface area contributed by atoms with Crippen LogP contribution in [0.2, 0.25) is 0 Å². The summed E-state index contributed by atoms with van der Waals surface area (Å²) in [6.45, 7) is 11.2. The summed E-state index contributed by atoms with van der Waals surface area (Å²) < 4.78 is 12.1. The van der Waals surface area contributed by atoms with Crippen LogP contribution < -0.4 is 14.8 Å². The van der Waals surface area contributed by atoms with Gasteiger partial charge in [0.15, 0.2) is 11.5 Å². The summed E-state index contributed by atoms with van der Waals surface area (Å²) >= 11 is 0. The first-order valence-electron chi connectivity index (χ1n) is 14.0. The molecule has 35 heavy (non-hydrogen) atoms. The summed E-state index contributed by atoms with van der Waals surface area (Å²) in [6.07, 6.45) is 10.8. The number of ether oxygens (including phenoxy) is 2. The first-order valence-corrected chi connectivity index (χ1v) is 14.0. The molecule has 3 aliphatic rings. The number of rotatable bonds is 9. The molecule has 2 saturated heterocycles. The van der Waals surface area contributed by atoms with Gasteiger partial charge < -0.3 is 24.6 Å².